The van der Waals surface area contributed by atoms with Crippen molar-refractivity contribution in [1.82, 2.24) is 0 Å². The number of ether oxygens (including phenoxy) is 1. The predicted molar refractivity (Wildman–Crippen MR) is 133 cm³/mol. The lowest BCUT2D eigenvalue weighted by Gasteiger charge is -2.26. The van der Waals surface area contributed by atoms with Gasteiger partial charge < -0.3 is 9.84 Å². The van der Waals surface area contributed by atoms with Crippen LogP contribution in [-0.2, 0) is 9.59 Å². The zero-order valence-electron chi connectivity index (χ0n) is 19.2. The van der Waals surface area contributed by atoms with Crippen LogP contribution in [0, 0.1) is 11.6 Å². The molecule has 4 aromatic carbocycles. The highest BCUT2D eigenvalue weighted by molar-refractivity contribution is 6.51. The second kappa shape index (κ2) is 9.26. The minimum absolute atomic E-state index is 0.0135. The molecule has 180 valence electrons. The SMILES string of the molecule is CCOc1cccc(C2/C(=C(/O)c3ccc4ccccc4c3)C(=O)C(=O)N2c2ccc(F)c(F)c2)c1. The number of Topliss-reactive ketones (excluding diaryl/α,β-unsaturated/α-hetero) is 1. The first-order valence-electron chi connectivity index (χ1n) is 11.4. The molecule has 1 heterocycles. The topological polar surface area (TPSA) is 66.8 Å². The second-order valence-electron chi connectivity index (χ2n) is 8.33. The van der Waals surface area contributed by atoms with Gasteiger partial charge in [-0.05, 0) is 53.6 Å². The monoisotopic (exact) mass is 485 g/mol. The number of aliphatic hydroxyl groups is 1. The summed E-state index contributed by atoms with van der Waals surface area (Å²) in [6, 6.07) is 21.4. The molecule has 36 heavy (non-hydrogen) atoms. The Bertz CT molecular complexity index is 1550. The van der Waals surface area contributed by atoms with E-state index in [1.54, 1.807) is 42.5 Å². The van der Waals surface area contributed by atoms with Crippen LogP contribution in [-0.4, -0.2) is 23.4 Å². The lowest BCUT2D eigenvalue weighted by molar-refractivity contribution is -0.132. The molecule has 0 radical (unpaired) electrons. The van der Waals surface area contributed by atoms with Gasteiger partial charge in [0.05, 0.1) is 18.2 Å². The predicted octanol–water partition coefficient (Wildman–Crippen LogP) is 6.14. The number of rotatable bonds is 5. The lowest BCUT2D eigenvalue weighted by Crippen LogP contribution is -2.29. The van der Waals surface area contributed by atoms with E-state index in [-0.39, 0.29) is 17.0 Å². The number of fused-ring (bicyclic) bond motifs is 1. The maximum atomic E-state index is 14.1. The van der Waals surface area contributed by atoms with Crippen LogP contribution < -0.4 is 9.64 Å². The van der Waals surface area contributed by atoms with Gasteiger partial charge in [-0.15, -0.1) is 0 Å². The zero-order chi connectivity index (χ0) is 25.4. The molecule has 1 N–H and O–H groups in total. The van der Waals surface area contributed by atoms with E-state index in [0.29, 0.717) is 23.5 Å². The molecule has 0 spiro atoms. The molecular weight excluding hydrogens is 464 g/mol. The maximum Gasteiger partial charge on any atom is 0.300 e. The Hall–Kier alpha value is -4.52. The number of hydrogen-bond donors (Lipinski definition) is 1. The fraction of sp³-hybridized carbons (Fsp3) is 0.103. The summed E-state index contributed by atoms with van der Waals surface area (Å²) in [4.78, 5) is 27.6. The van der Waals surface area contributed by atoms with Crippen LogP contribution in [0.25, 0.3) is 16.5 Å². The van der Waals surface area contributed by atoms with Gasteiger partial charge in [-0.25, -0.2) is 8.78 Å². The number of benzene rings is 4. The third-order valence-electron chi connectivity index (χ3n) is 6.13. The molecule has 1 amide bonds. The largest absolute Gasteiger partial charge is 0.507 e. The highest BCUT2D eigenvalue weighted by Gasteiger charge is 2.47. The van der Waals surface area contributed by atoms with Crippen molar-refractivity contribution < 1.29 is 28.2 Å². The van der Waals surface area contributed by atoms with E-state index in [9.17, 15) is 23.5 Å². The minimum Gasteiger partial charge on any atom is -0.507 e. The first-order valence-corrected chi connectivity index (χ1v) is 11.4. The highest BCUT2D eigenvalue weighted by Crippen LogP contribution is 2.43. The Morgan fingerprint density at radius 3 is 2.42 bits per heavy atom. The highest BCUT2D eigenvalue weighted by atomic mass is 19.2. The van der Waals surface area contributed by atoms with Crippen molar-refractivity contribution in [3.63, 3.8) is 0 Å². The van der Waals surface area contributed by atoms with Gasteiger partial charge in [-0.3, -0.25) is 14.5 Å². The Balaban J connectivity index is 1.73. The van der Waals surface area contributed by atoms with E-state index in [1.807, 2.05) is 31.2 Å². The Morgan fingerprint density at radius 1 is 0.889 bits per heavy atom. The zero-order valence-corrected chi connectivity index (χ0v) is 19.2. The van der Waals surface area contributed by atoms with Gasteiger partial charge in [-0.2, -0.15) is 0 Å². The van der Waals surface area contributed by atoms with E-state index in [4.69, 9.17) is 4.74 Å². The summed E-state index contributed by atoms with van der Waals surface area (Å²) in [6.07, 6.45) is 0. The van der Waals surface area contributed by atoms with Crippen LogP contribution in [0.1, 0.15) is 24.1 Å². The van der Waals surface area contributed by atoms with Crippen molar-refractivity contribution in [2.75, 3.05) is 11.5 Å². The van der Waals surface area contributed by atoms with Crippen molar-refractivity contribution in [2.24, 2.45) is 0 Å². The third kappa shape index (κ3) is 3.98. The number of anilines is 1. The third-order valence-corrected chi connectivity index (χ3v) is 6.13. The molecule has 5 nitrogen and oxygen atoms in total. The molecule has 1 saturated heterocycles. The molecule has 4 aromatic rings. The van der Waals surface area contributed by atoms with E-state index in [2.05, 4.69) is 0 Å². The number of ketones is 1. The van der Waals surface area contributed by atoms with Gasteiger partial charge in [0.25, 0.3) is 11.7 Å². The fourth-order valence-electron chi connectivity index (χ4n) is 4.48. The summed E-state index contributed by atoms with van der Waals surface area (Å²) in [5.41, 5.74) is 0.643. The van der Waals surface area contributed by atoms with Gasteiger partial charge in [0.1, 0.15) is 11.5 Å². The molecule has 0 saturated carbocycles. The molecule has 0 aromatic heterocycles. The Labute approximate surface area is 205 Å². The molecule has 1 aliphatic rings. The summed E-state index contributed by atoms with van der Waals surface area (Å²) < 4.78 is 33.4. The Morgan fingerprint density at radius 2 is 1.67 bits per heavy atom. The average Bonchev–Trinajstić information content (AvgIpc) is 3.15. The maximum absolute atomic E-state index is 14.1. The van der Waals surface area contributed by atoms with E-state index >= 15 is 0 Å². The minimum atomic E-state index is -1.16. The van der Waals surface area contributed by atoms with Gasteiger partial charge in [-0.1, -0.05) is 48.5 Å². The standard InChI is InChI=1S/C29H21F2NO4/c1-2-36-22-9-5-8-19(15-22)26-25(27(33)20-11-10-17-6-3-4-7-18(17)14-20)28(34)29(35)32(26)21-12-13-23(30)24(31)16-21/h3-16,26,33H,2H2,1H3/b27-25-. The second-order valence-corrected chi connectivity index (χ2v) is 8.33. The van der Waals surface area contributed by atoms with Crippen LogP contribution in [0.4, 0.5) is 14.5 Å². The first-order chi connectivity index (χ1) is 17.4. The smallest absolute Gasteiger partial charge is 0.300 e. The van der Waals surface area contributed by atoms with Gasteiger partial charge in [0.2, 0.25) is 0 Å². The van der Waals surface area contributed by atoms with Crippen molar-refractivity contribution in [1.29, 1.82) is 0 Å². The summed E-state index contributed by atoms with van der Waals surface area (Å²) in [7, 11) is 0. The Kier molecular flexibility index (Phi) is 5.98. The van der Waals surface area contributed by atoms with Gasteiger partial charge in [0.15, 0.2) is 11.6 Å². The summed E-state index contributed by atoms with van der Waals surface area (Å²) in [5.74, 6) is -4.01. The molecule has 0 aliphatic carbocycles. The molecule has 1 atom stereocenters. The first kappa shape index (κ1) is 23.2. The quantitative estimate of drug-likeness (QED) is 0.209. The van der Waals surface area contributed by atoms with Crippen molar-refractivity contribution in [3.05, 3.63) is 113 Å². The van der Waals surface area contributed by atoms with Gasteiger partial charge in [0, 0.05) is 17.3 Å². The van der Waals surface area contributed by atoms with Crippen LogP contribution in [0.3, 0.4) is 0 Å². The van der Waals surface area contributed by atoms with Gasteiger partial charge >= 0.3 is 0 Å². The van der Waals surface area contributed by atoms with E-state index < -0.39 is 29.4 Å². The number of nitrogens with zero attached hydrogens (tertiary/aromatic N) is 1. The van der Waals surface area contributed by atoms with Crippen molar-refractivity contribution in [3.8, 4) is 5.75 Å². The summed E-state index contributed by atoms with van der Waals surface area (Å²) in [6.45, 7) is 2.21. The summed E-state index contributed by atoms with van der Waals surface area (Å²) >= 11 is 0. The molecular formula is C29H21F2NO4. The van der Waals surface area contributed by atoms with Crippen LogP contribution in [0.5, 0.6) is 5.75 Å². The molecule has 1 fully saturated rings. The number of hydrogen-bond acceptors (Lipinski definition) is 4. The molecule has 1 aliphatic heterocycles. The molecule has 1 unspecified atom stereocenters. The number of carbonyl (C=O) groups is 2. The molecule has 0 bridgehead atoms. The number of carbonyl (C=O) groups excluding carboxylic acids is 2. The summed E-state index contributed by atoms with van der Waals surface area (Å²) in [5, 5.41) is 13.1. The number of aliphatic hydroxyl groups excluding tert-OH is 1. The molecule has 5 rings (SSSR count). The van der Waals surface area contributed by atoms with Crippen LogP contribution >= 0.6 is 0 Å². The van der Waals surface area contributed by atoms with E-state index in [1.165, 1.54) is 6.07 Å². The van der Waals surface area contributed by atoms with Crippen LogP contribution in [0.15, 0.2) is 90.5 Å². The fourth-order valence-corrected chi connectivity index (χ4v) is 4.48. The lowest BCUT2D eigenvalue weighted by atomic mass is 9.94. The van der Waals surface area contributed by atoms with Crippen molar-refractivity contribution >= 4 is 33.9 Å². The number of amides is 1. The normalized spacial score (nSPS) is 17.1. The van der Waals surface area contributed by atoms with Crippen LogP contribution in [0.2, 0.25) is 0 Å². The molecule has 7 heteroatoms. The van der Waals surface area contributed by atoms with Crippen molar-refractivity contribution in [2.45, 2.75) is 13.0 Å². The number of halogens is 2. The average molecular weight is 485 g/mol. The van der Waals surface area contributed by atoms with E-state index in [0.717, 1.165) is 27.8 Å².